The smallest absolute Gasteiger partial charge is 0.251 e. The van der Waals surface area contributed by atoms with Crippen molar-refractivity contribution in [2.24, 2.45) is 0 Å². The maximum Gasteiger partial charge on any atom is 0.251 e. The topological polar surface area (TPSA) is 49.4 Å². The van der Waals surface area contributed by atoms with Gasteiger partial charge >= 0.3 is 0 Å². The summed E-state index contributed by atoms with van der Waals surface area (Å²) in [5, 5.41) is 3.09. The lowest BCUT2D eigenvalue weighted by Gasteiger charge is -2.19. The molecule has 124 valence electrons. The molecule has 2 amide bonds. The first-order chi connectivity index (χ1) is 11.7. The van der Waals surface area contributed by atoms with E-state index in [1.54, 1.807) is 17.0 Å². The van der Waals surface area contributed by atoms with E-state index in [4.69, 9.17) is 0 Å². The molecule has 0 bridgehead atoms. The molecule has 2 aromatic rings. The van der Waals surface area contributed by atoms with E-state index in [0.717, 1.165) is 30.6 Å². The zero-order chi connectivity index (χ0) is 16.9. The standard InChI is InChI=1S/C20H22N2O2/c1-2-18(15-8-4-3-5-9-15)21-20(24)16-10-6-11-17(14-16)22-13-7-12-19(22)23/h3-6,8-11,14,18H,2,7,12-13H2,1H3,(H,21,24)/t18-/m1/s1. The fraction of sp³-hybridized carbons (Fsp3) is 0.300. The fourth-order valence-electron chi connectivity index (χ4n) is 3.08. The summed E-state index contributed by atoms with van der Waals surface area (Å²) in [6, 6.07) is 17.3. The molecule has 1 aliphatic rings. The summed E-state index contributed by atoms with van der Waals surface area (Å²) >= 11 is 0. The van der Waals surface area contributed by atoms with Crippen LogP contribution < -0.4 is 10.2 Å². The Morgan fingerprint density at radius 1 is 1.17 bits per heavy atom. The molecule has 0 spiro atoms. The SMILES string of the molecule is CC[C@@H](NC(=O)c1cccc(N2CCCC2=O)c1)c1ccccc1. The highest BCUT2D eigenvalue weighted by Gasteiger charge is 2.22. The highest BCUT2D eigenvalue weighted by Crippen LogP contribution is 2.23. The number of amides is 2. The van der Waals surface area contributed by atoms with Gasteiger partial charge in [0.05, 0.1) is 6.04 Å². The summed E-state index contributed by atoms with van der Waals surface area (Å²) in [7, 11) is 0. The molecule has 1 atom stereocenters. The number of nitrogens with zero attached hydrogens (tertiary/aromatic N) is 1. The van der Waals surface area contributed by atoms with E-state index in [1.165, 1.54) is 0 Å². The Morgan fingerprint density at radius 2 is 1.96 bits per heavy atom. The molecule has 2 aromatic carbocycles. The van der Waals surface area contributed by atoms with Crippen LogP contribution in [0, 0.1) is 0 Å². The number of carbonyl (C=O) groups is 2. The van der Waals surface area contributed by atoms with Crippen LogP contribution in [0.25, 0.3) is 0 Å². The Labute approximate surface area is 142 Å². The molecule has 0 aliphatic carbocycles. The van der Waals surface area contributed by atoms with Gasteiger partial charge in [-0.05, 0) is 36.6 Å². The Balaban J connectivity index is 1.76. The molecule has 1 saturated heterocycles. The molecule has 1 heterocycles. The maximum atomic E-state index is 12.6. The average molecular weight is 322 g/mol. The first kappa shape index (κ1) is 16.2. The van der Waals surface area contributed by atoms with E-state index >= 15 is 0 Å². The lowest BCUT2D eigenvalue weighted by atomic mass is 10.0. The Bertz CT molecular complexity index is 727. The summed E-state index contributed by atoms with van der Waals surface area (Å²) in [6.07, 6.45) is 2.28. The normalized spacial score (nSPS) is 15.4. The maximum absolute atomic E-state index is 12.6. The van der Waals surface area contributed by atoms with Crippen molar-refractivity contribution in [2.45, 2.75) is 32.2 Å². The molecule has 1 N–H and O–H groups in total. The summed E-state index contributed by atoms with van der Waals surface area (Å²) in [6.45, 7) is 2.78. The van der Waals surface area contributed by atoms with Gasteiger partial charge in [-0.25, -0.2) is 0 Å². The molecule has 1 fully saturated rings. The molecule has 0 aromatic heterocycles. The van der Waals surface area contributed by atoms with Crippen molar-refractivity contribution in [1.82, 2.24) is 5.32 Å². The lowest BCUT2D eigenvalue weighted by Crippen LogP contribution is -2.29. The van der Waals surface area contributed by atoms with Gasteiger partial charge in [-0.1, -0.05) is 43.3 Å². The van der Waals surface area contributed by atoms with Crippen LogP contribution >= 0.6 is 0 Å². The number of benzene rings is 2. The van der Waals surface area contributed by atoms with Crippen molar-refractivity contribution in [3.8, 4) is 0 Å². The zero-order valence-electron chi connectivity index (χ0n) is 13.9. The number of hydrogen-bond donors (Lipinski definition) is 1. The predicted octanol–water partition coefficient (Wildman–Crippen LogP) is 3.69. The second kappa shape index (κ2) is 7.30. The van der Waals surface area contributed by atoms with E-state index in [-0.39, 0.29) is 17.9 Å². The third-order valence-corrected chi connectivity index (χ3v) is 4.41. The van der Waals surface area contributed by atoms with Gasteiger partial charge in [-0.15, -0.1) is 0 Å². The molecule has 4 heteroatoms. The van der Waals surface area contributed by atoms with Crippen LogP contribution in [-0.2, 0) is 4.79 Å². The van der Waals surface area contributed by atoms with Gasteiger partial charge in [-0.3, -0.25) is 9.59 Å². The van der Waals surface area contributed by atoms with E-state index < -0.39 is 0 Å². The first-order valence-electron chi connectivity index (χ1n) is 8.45. The molecular formula is C20H22N2O2. The molecule has 0 unspecified atom stereocenters. The van der Waals surface area contributed by atoms with Crippen LogP contribution in [0.4, 0.5) is 5.69 Å². The Hall–Kier alpha value is -2.62. The van der Waals surface area contributed by atoms with Gasteiger partial charge in [0.1, 0.15) is 0 Å². The van der Waals surface area contributed by atoms with E-state index in [1.807, 2.05) is 42.5 Å². The van der Waals surface area contributed by atoms with Gasteiger partial charge < -0.3 is 10.2 Å². The van der Waals surface area contributed by atoms with Crippen molar-refractivity contribution in [2.75, 3.05) is 11.4 Å². The molecule has 24 heavy (non-hydrogen) atoms. The van der Waals surface area contributed by atoms with Gasteiger partial charge in [0.25, 0.3) is 5.91 Å². The first-order valence-corrected chi connectivity index (χ1v) is 8.45. The molecular weight excluding hydrogens is 300 g/mol. The van der Waals surface area contributed by atoms with Crippen LogP contribution in [0.5, 0.6) is 0 Å². The van der Waals surface area contributed by atoms with Crippen LogP contribution in [0.2, 0.25) is 0 Å². The number of anilines is 1. The van der Waals surface area contributed by atoms with Crippen LogP contribution in [0.15, 0.2) is 54.6 Å². The van der Waals surface area contributed by atoms with Gasteiger partial charge in [0.2, 0.25) is 5.91 Å². The van der Waals surface area contributed by atoms with Crippen LogP contribution in [-0.4, -0.2) is 18.4 Å². The third-order valence-electron chi connectivity index (χ3n) is 4.41. The number of hydrogen-bond acceptors (Lipinski definition) is 2. The average Bonchev–Trinajstić information content (AvgIpc) is 3.06. The van der Waals surface area contributed by atoms with Crippen molar-refractivity contribution in [3.63, 3.8) is 0 Å². The van der Waals surface area contributed by atoms with Crippen LogP contribution in [0.1, 0.15) is 48.1 Å². The Kier molecular flexibility index (Phi) is 4.94. The lowest BCUT2D eigenvalue weighted by molar-refractivity contribution is -0.117. The molecule has 4 nitrogen and oxygen atoms in total. The molecule has 0 radical (unpaired) electrons. The summed E-state index contributed by atoms with van der Waals surface area (Å²) in [5.41, 5.74) is 2.48. The van der Waals surface area contributed by atoms with Crippen molar-refractivity contribution >= 4 is 17.5 Å². The molecule has 1 aliphatic heterocycles. The summed E-state index contributed by atoms with van der Waals surface area (Å²) in [4.78, 5) is 26.3. The largest absolute Gasteiger partial charge is 0.345 e. The van der Waals surface area contributed by atoms with E-state index in [2.05, 4.69) is 12.2 Å². The minimum absolute atomic E-state index is 0.0178. The van der Waals surface area contributed by atoms with Gasteiger partial charge in [-0.2, -0.15) is 0 Å². The van der Waals surface area contributed by atoms with Gasteiger partial charge in [0.15, 0.2) is 0 Å². The summed E-state index contributed by atoms with van der Waals surface area (Å²) < 4.78 is 0. The minimum atomic E-state index is -0.112. The number of carbonyl (C=O) groups excluding carboxylic acids is 2. The Morgan fingerprint density at radius 3 is 2.62 bits per heavy atom. The zero-order valence-corrected chi connectivity index (χ0v) is 13.9. The minimum Gasteiger partial charge on any atom is -0.345 e. The van der Waals surface area contributed by atoms with E-state index in [0.29, 0.717) is 12.0 Å². The summed E-state index contributed by atoms with van der Waals surface area (Å²) in [5.74, 6) is 0.0162. The van der Waals surface area contributed by atoms with Crippen molar-refractivity contribution in [3.05, 3.63) is 65.7 Å². The van der Waals surface area contributed by atoms with Crippen molar-refractivity contribution < 1.29 is 9.59 Å². The number of nitrogens with one attached hydrogen (secondary N) is 1. The van der Waals surface area contributed by atoms with E-state index in [9.17, 15) is 9.59 Å². The second-order valence-corrected chi connectivity index (χ2v) is 6.04. The quantitative estimate of drug-likeness (QED) is 0.912. The molecule has 3 rings (SSSR count). The third kappa shape index (κ3) is 3.48. The van der Waals surface area contributed by atoms with Gasteiger partial charge in [0, 0.05) is 24.2 Å². The highest BCUT2D eigenvalue weighted by molar-refractivity contribution is 5.99. The monoisotopic (exact) mass is 322 g/mol. The molecule has 0 saturated carbocycles. The number of rotatable bonds is 5. The predicted molar refractivity (Wildman–Crippen MR) is 95.0 cm³/mol. The van der Waals surface area contributed by atoms with Crippen molar-refractivity contribution in [1.29, 1.82) is 0 Å². The fourth-order valence-corrected chi connectivity index (χ4v) is 3.08. The van der Waals surface area contributed by atoms with Crippen LogP contribution in [0.3, 0.4) is 0 Å². The second-order valence-electron chi connectivity index (χ2n) is 6.04. The highest BCUT2D eigenvalue weighted by atomic mass is 16.2.